The number of carbonyl (C=O) groups excluding carboxylic acids is 1. The second-order valence-corrected chi connectivity index (χ2v) is 10.9. The number of sulfonamides is 1. The Labute approximate surface area is 215 Å². The summed E-state index contributed by atoms with van der Waals surface area (Å²) in [6.07, 6.45) is 0.808. The number of hydrogen-bond acceptors (Lipinski definition) is 7. The summed E-state index contributed by atoms with van der Waals surface area (Å²) in [5, 5.41) is 2.64. The Morgan fingerprint density at radius 3 is 2.62 bits per heavy atom. The molecule has 1 saturated heterocycles. The Kier molecular flexibility index (Phi) is 7.51. The van der Waals surface area contributed by atoms with E-state index in [2.05, 4.69) is 9.71 Å². The molecule has 0 spiro atoms. The fourth-order valence-electron chi connectivity index (χ4n) is 3.55. The number of amides is 1. The maximum Gasteiger partial charge on any atom is 0.263 e. The monoisotopic (exact) mass is 544 g/mol. The van der Waals surface area contributed by atoms with Gasteiger partial charge in [-0.05, 0) is 37.3 Å². The van der Waals surface area contributed by atoms with E-state index >= 15 is 0 Å². The van der Waals surface area contributed by atoms with Gasteiger partial charge in [0, 0.05) is 46.3 Å². The van der Waals surface area contributed by atoms with E-state index in [4.69, 9.17) is 27.9 Å². The number of halogens is 2. The molecule has 184 valence electrons. The molecule has 34 heavy (non-hydrogen) atoms. The lowest BCUT2D eigenvalue weighted by Gasteiger charge is -2.37. The van der Waals surface area contributed by atoms with Crippen molar-refractivity contribution in [3.05, 3.63) is 64.1 Å². The van der Waals surface area contributed by atoms with Crippen LogP contribution in [0.15, 0.2) is 58.9 Å². The van der Waals surface area contributed by atoms with Crippen LogP contribution in [-0.2, 0) is 14.8 Å². The van der Waals surface area contributed by atoms with Crippen molar-refractivity contribution in [3.8, 4) is 5.75 Å². The van der Waals surface area contributed by atoms with Crippen molar-refractivity contribution in [1.82, 2.24) is 9.88 Å². The van der Waals surface area contributed by atoms with E-state index in [9.17, 15) is 13.2 Å². The van der Waals surface area contributed by atoms with Gasteiger partial charge in [0.2, 0.25) is 0 Å². The summed E-state index contributed by atoms with van der Waals surface area (Å²) in [4.78, 5) is 20.8. The third kappa shape index (κ3) is 5.57. The van der Waals surface area contributed by atoms with E-state index in [-0.39, 0.29) is 18.7 Å². The Bertz CT molecular complexity index is 1270. The lowest BCUT2D eigenvalue weighted by atomic mass is 10.2. The van der Waals surface area contributed by atoms with Crippen molar-refractivity contribution in [3.63, 3.8) is 0 Å². The number of nitrogens with one attached hydrogen (secondary N) is 1. The van der Waals surface area contributed by atoms with E-state index in [1.54, 1.807) is 53.6 Å². The first-order valence-corrected chi connectivity index (χ1v) is 13.5. The summed E-state index contributed by atoms with van der Waals surface area (Å²) in [5.74, 6) is 0.206. The van der Waals surface area contributed by atoms with Gasteiger partial charge in [-0.2, -0.15) is 0 Å². The molecule has 1 aliphatic heterocycles. The number of rotatable bonds is 7. The van der Waals surface area contributed by atoms with Crippen molar-refractivity contribution in [2.24, 2.45) is 0 Å². The lowest BCUT2D eigenvalue weighted by molar-refractivity contribution is -0.138. The molecule has 0 saturated carbocycles. The van der Waals surface area contributed by atoms with Crippen LogP contribution in [0.5, 0.6) is 5.75 Å². The maximum absolute atomic E-state index is 12.9. The molecule has 1 amide bonds. The Hall–Kier alpha value is -2.53. The van der Waals surface area contributed by atoms with Crippen molar-refractivity contribution in [1.29, 1.82) is 0 Å². The first kappa shape index (κ1) is 24.6. The van der Waals surface area contributed by atoms with Gasteiger partial charge in [0.25, 0.3) is 15.9 Å². The topological polar surface area (TPSA) is 91.8 Å². The van der Waals surface area contributed by atoms with E-state index < -0.39 is 16.1 Å². The van der Waals surface area contributed by atoms with Crippen LogP contribution in [0.1, 0.15) is 9.78 Å². The second kappa shape index (κ2) is 10.4. The lowest BCUT2D eigenvalue weighted by Crippen LogP contribution is -2.52. The first-order valence-electron chi connectivity index (χ1n) is 10.4. The number of benzene rings is 2. The molecule has 1 aliphatic rings. The maximum atomic E-state index is 12.9. The molecular weight excluding hydrogens is 519 g/mol. The number of nitrogens with zero attached hydrogens (tertiary/aromatic N) is 3. The molecule has 0 unspecified atom stereocenters. The van der Waals surface area contributed by atoms with Gasteiger partial charge >= 0.3 is 0 Å². The van der Waals surface area contributed by atoms with E-state index in [0.717, 1.165) is 5.69 Å². The number of thiazole rings is 1. The van der Waals surface area contributed by atoms with Crippen LogP contribution in [0.2, 0.25) is 10.0 Å². The zero-order chi connectivity index (χ0) is 24.3. The summed E-state index contributed by atoms with van der Waals surface area (Å²) in [6.45, 7) is 3.74. The van der Waals surface area contributed by atoms with Crippen molar-refractivity contribution < 1.29 is 20.8 Å². The highest BCUT2D eigenvalue weighted by atomic mass is 35.5. The van der Waals surface area contributed by atoms with E-state index in [1.807, 2.05) is 11.0 Å². The Morgan fingerprint density at radius 2 is 1.91 bits per heavy atom. The number of piperazine rings is 1. The van der Waals surface area contributed by atoms with Crippen molar-refractivity contribution in [2.45, 2.75) is 17.9 Å². The van der Waals surface area contributed by atoms with Gasteiger partial charge in [-0.1, -0.05) is 35.3 Å². The van der Waals surface area contributed by atoms with Gasteiger partial charge in [-0.25, -0.2) is 13.4 Å². The number of anilines is 2. The highest BCUT2D eigenvalue weighted by molar-refractivity contribution is 7.93. The van der Waals surface area contributed by atoms with Crippen LogP contribution in [-0.4, -0.2) is 56.5 Å². The fraction of sp³-hybridized carbons (Fsp3) is 0.273. The normalized spacial score (nSPS) is 15.1. The highest BCUT2D eigenvalue weighted by Gasteiger charge is 2.27. The average molecular weight is 546 g/mol. The van der Waals surface area contributed by atoms with Gasteiger partial charge in [-0.3, -0.25) is 9.52 Å². The molecule has 4 rings (SSSR count). The first-order chi connectivity index (χ1) is 16.2. The molecule has 12 heteroatoms. The van der Waals surface area contributed by atoms with Crippen molar-refractivity contribution >= 4 is 61.3 Å². The van der Waals surface area contributed by atoms with Crippen LogP contribution >= 0.6 is 34.5 Å². The minimum Gasteiger partial charge on any atom is -0.479 e. The molecular formula is C22H26Cl2N4O4S2. The summed E-state index contributed by atoms with van der Waals surface area (Å²) in [6, 6.07) is 11.7. The third-order valence-corrected chi connectivity index (χ3v) is 8.26. The minimum atomic E-state index is -3.75. The predicted octanol–water partition coefficient (Wildman–Crippen LogP) is 4.86. The van der Waals surface area contributed by atoms with Crippen molar-refractivity contribution in [2.75, 3.05) is 35.8 Å². The van der Waals surface area contributed by atoms with Gasteiger partial charge in [0.1, 0.15) is 10.8 Å². The molecule has 1 aromatic heterocycles. The zero-order valence-electron chi connectivity index (χ0n) is 18.1. The smallest absolute Gasteiger partial charge is 0.263 e. The second-order valence-electron chi connectivity index (χ2n) is 7.56. The quantitative estimate of drug-likeness (QED) is 0.456. The highest BCUT2D eigenvalue weighted by Crippen LogP contribution is 2.32. The SMILES string of the molecule is C[C@H](Oc1cccc(Cl)c1Cl)C(=O)N1CCN(c2cccc(S(=O)(=O)Nc3nccs3)c2)CC1.[HH].[HH]. The predicted molar refractivity (Wildman–Crippen MR) is 139 cm³/mol. The molecule has 1 atom stereocenters. The van der Waals surface area contributed by atoms with Crippen LogP contribution < -0.4 is 14.4 Å². The van der Waals surface area contributed by atoms with Gasteiger partial charge in [-0.15, -0.1) is 11.3 Å². The van der Waals surface area contributed by atoms with Gasteiger partial charge < -0.3 is 14.5 Å². The van der Waals surface area contributed by atoms with Crippen LogP contribution in [0.25, 0.3) is 0 Å². The molecule has 3 aromatic rings. The number of carbonyl (C=O) groups is 1. The molecule has 2 aromatic carbocycles. The van der Waals surface area contributed by atoms with Gasteiger partial charge in [0.15, 0.2) is 11.2 Å². The molecule has 1 fully saturated rings. The average Bonchev–Trinajstić information content (AvgIpc) is 3.34. The summed E-state index contributed by atoms with van der Waals surface area (Å²) in [7, 11) is -3.75. The Balaban J connectivity index is 0.00000228. The molecule has 8 nitrogen and oxygen atoms in total. The molecule has 0 aliphatic carbocycles. The standard InChI is InChI=1S/C22H22Cl2N4O4S2.2H2/c1-15(32-19-7-3-6-18(23)20(19)24)21(29)28-11-9-27(10-12-28)16-4-2-5-17(14-16)34(30,31)26-22-25-8-13-33-22;;/h2-8,13-15H,9-12H2,1H3,(H,25,26);2*1H/t15-;;/m0../s1. The van der Waals surface area contributed by atoms with E-state index in [0.29, 0.717) is 42.1 Å². The summed E-state index contributed by atoms with van der Waals surface area (Å²) < 4.78 is 33.6. The third-order valence-electron chi connectivity index (χ3n) is 5.31. The minimum absolute atomic E-state index is 0. The van der Waals surface area contributed by atoms with E-state index in [1.165, 1.54) is 17.5 Å². The Morgan fingerprint density at radius 1 is 1.18 bits per heavy atom. The summed E-state index contributed by atoms with van der Waals surface area (Å²) in [5.41, 5.74) is 0.768. The molecule has 2 heterocycles. The number of hydrogen-bond donors (Lipinski definition) is 1. The van der Waals surface area contributed by atoms with Crippen LogP contribution in [0.4, 0.5) is 10.8 Å². The fourth-order valence-corrected chi connectivity index (χ4v) is 5.72. The molecule has 0 bridgehead atoms. The van der Waals surface area contributed by atoms with Crippen LogP contribution in [0.3, 0.4) is 0 Å². The number of aromatic nitrogens is 1. The zero-order valence-corrected chi connectivity index (χ0v) is 21.3. The number of ether oxygens (including phenoxy) is 1. The molecule has 1 N–H and O–H groups in total. The summed E-state index contributed by atoms with van der Waals surface area (Å²) >= 11 is 13.4. The van der Waals surface area contributed by atoms with Gasteiger partial charge in [0.05, 0.1) is 9.92 Å². The largest absolute Gasteiger partial charge is 0.479 e. The molecule has 0 radical (unpaired) electrons. The van der Waals surface area contributed by atoms with Crippen LogP contribution in [0, 0.1) is 0 Å².